The van der Waals surface area contributed by atoms with Crippen molar-refractivity contribution in [2.24, 2.45) is 0 Å². The molecule has 0 aromatic heterocycles. The highest BCUT2D eigenvalue weighted by Gasteiger charge is 2.36. The van der Waals surface area contributed by atoms with Crippen molar-refractivity contribution in [1.29, 1.82) is 0 Å². The van der Waals surface area contributed by atoms with E-state index in [0.717, 1.165) is 0 Å². The molecule has 4 nitrogen and oxygen atoms in total. The molecule has 0 bridgehead atoms. The van der Waals surface area contributed by atoms with E-state index in [4.69, 9.17) is 4.74 Å². The number of esters is 1. The largest absolute Gasteiger partial charge is 0.466 e. The van der Waals surface area contributed by atoms with Crippen LogP contribution in [0.25, 0.3) is 0 Å². The zero-order valence-electron chi connectivity index (χ0n) is 11.2. The van der Waals surface area contributed by atoms with E-state index in [1.807, 2.05) is 35.2 Å². The highest BCUT2D eigenvalue weighted by atomic mass is 16.5. The Labute approximate surface area is 113 Å². The van der Waals surface area contributed by atoms with Gasteiger partial charge in [0.1, 0.15) is 0 Å². The first kappa shape index (κ1) is 13.6. The van der Waals surface area contributed by atoms with Crippen molar-refractivity contribution < 1.29 is 14.3 Å². The molecule has 1 aromatic rings. The Bertz CT molecular complexity index is 444. The van der Waals surface area contributed by atoms with Crippen LogP contribution in [-0.4, -0.2) is 29.9 Å². The summed E-state index contributed by atoms with van der Waals surface area (Å²) in [7, 11) is 0. The zero-order chi connectivity index (χ0) is 13.7. The molecule has 1 aromatic carbocycles. The lowest BCUT2D eigenvalue weighted by Crippen LogP contribution is -2.46. The normalized spacial score (nSPS) is 18.1. The zero-order valence-corrected chi connectivity index (χ0v) is 11.2. The van der Waals surface area contributed by atoms with Gasteiger partial charge in [-0.3, -0.25) is 9.59 Å². The van der Waals surface area contributed by atoms with Gasteiger partial charge in [-0.05, 0) is 18.9 Å². The van der Waals surface area contributed by atoms with E-state index in [2.05, 4.69) is 0 Å². The van der Waals surface area contributed by atoms with Crippen molar-refractivity contribution in [3.63, 3.8) is 0 Å². The van der Waals surface area contributed by atoms with E-state index < -0.39 is 0 Å². The number of carbonyl (C=O) groups excluding carboxylic acids is 2. The lowest BCUT2D eigenvalue weighted by atomic mass is 9.93. The molecule has 1 saturated heterocycles. The minimum atomic E-state index is -0.188. The molecule has 0 saturated carbocycles. The summed E-state index contributed by atoms with van der Waals surface area (Å²) >= 11 is 0. The van der Waals surface area contributed by atoms with Gasteiger partial charge in [0.2, 0.25) is 5.91 Å². The number of hydrogen-bond donors (Lipinski definition) is 0. The van der Waals surface area contributed by atoms with Crippen LogP contribution in [0.15, 0.2) is 30.3 Å². The molecule has 1 heterocycles. The SMILES string of the molecule is CCOC(=O)CCCN1C(=O)CC1c1ccccc1. The molecule has 1 fully saturated rings. The van der Waals surface area contributed by atoms with Gasteiger partial charge in [-0.15, -0.1) is 0 Å². The van der Waals surface area contributed by atoms with Gasteiger partial charge in [-0.1, -0.05) is 30.3 Å². The van der Waals surface area contributed by atoms with E-state index in [1.165, 1.54) is 5.56 Å². The second kappa shape index (κ2) is 6.36. The second-order valence-electron chi connectivity index (χ2n) is 4.63. The molecule has 1 atom stereocenters. The minimum Gasteiger partial charge on any atom is -0.466 e. The Kier molecular flexibility index (Phi) is 4.55. The van der Waals surface area contributed by atoms with E-state index in [-0.39, 0.29) is 17.9 Å². The molecule has 1 unspecified atom stereocenters. The molecule has 19 heavy (non-hydrogen) atoms. The molecule has 1 aliphatic heterocycles. The molecule has 102 valence electrons. The quantitative estimate of drug-likeness (QED) is 0.583. The van der Waals surface area contributed by atoms with Crippen LogP contribution in [0.5, 0.6) is 0 Å². The van der Waals surface area contributed by atoms with Crippen molar-refractivity contribution in [3.05, 3.63) is 35.9 Å². The molecular formula is C15H19NO3. The molecule has 0 aliphatic carbocycles. The fourth-order valence-electron chi connectivity index (χ4n) is 2.33. The Morgan fingerprint density at radius 2 is 2.11 bits per heavy atom. The van der Waals surface area contributed by atoms with Gasteiger partial charge >= 0.3 is 5.97 Å². The summed E-state index contributed by atoms with van der Waals surface area (Å²) in [5, 5.41) is 0. The number of likely N-dealkylation sites (tertiary alicyclic amines) is 1. The number of rotatable bonds is 6. The standard InChI is InChI=1S/C15H19NO3/c1-2-19-15(18)9-6-10-16-13(11-14(16)17)12-7-4-3-5-8-12/h3-5,7-8,13H,2,6,9-11H2,1H3. The maximum atomic E-state index is 11.6. The second-order valence-corrected chi connectivity index (χ2v) is 4.63. The van der Waals surface area contributed by atoms with Gasteiger partial charge < -0.3 is 9.64 Å². The Morgan fingerprint density at radius 3 is 2.74 bits per heavy atom. The third-order valence-corrected chi connectivity index (χ3v) is 3.33. The topological polar surface area (TPSA) is 46.6 Å². The summed E-state index contributed by atoms with van der Waals surface area (Å²) in [6.07, 6.45) is 1.61. The van der Waals surface area contributed by atoms with Crippen LogP contribution in [0.4, 0.5) is 0 Å². The Morgan fingerprint density at radius 1 is 1.37 bits per heavy atom. The number of amides is 1. The number of ether oxygens (including phenoxy) is 1. The Hall–Kier alpha value is -1.84. The van der Waals surface area contributed by atoms with E-state index >= 15 is 0 Å². The first-order valence-corrected chi connectivity index (χ1v) is 6.72. The van der Waals surface area contributed by atoms with Crippen LogP contribution in [0, 0.1) is 0 Å². The molecular weight excluding hydrogens is 242 g/mol. The summed E-state index contributed by atoms with van der Waals surface area (Å²) < 4.78 is 4.87. The number of nitrogens with zero attached hydrogens (tertiary/aromatic N) is 1. The van der Waals surface area contributed by atoms with Crippen LogP contribution >= 0.6 is 0 Å². The van der Waals surface area contributed by atoms with Crippen LogP contribution in [0.2, 0.25) is 0 Å². The van der Waals surface area contributed by atoms with Crippen molar-refractivity contribution >= 4 is 11.9 Å². The maximum absolute atomic E-state index is 11.6. The molecule has 0 radical (unpaired) electrons. The number of carbonyl (C=O) groups is 2. The minimum absolute atomic E-state index is 0.165. The monoisotopic (exact) mass is 261 g/mol. The summed E-state index contributed by atoms with van der Waals surface area (Å²) in [6.45, 7) is 2.83. The van der Waals surface area contributed by atoms with Gasteiger partial charge in [0, 0.05) is 13.0 Å². The number of hydrogen-bond acceptors (Lipinski definition) is 3. The lowest BCUT2D eigenvalue weighted by Gasteiger charge is -2.40. The summed E-state index contributed by atoms with van der Waals surface area (Å²) in [6, 6.07) is 10.2. The first-order chi connectivity index (χ1) is 9.22. The maximum Gasteiger partial charge on any atom is 0.305 e. The molecule has 2 rings (SSSR count). The third kappa shape index (κ3) is 3.34. The van der Waals surface area contributed by atoms with Crippen molar-refractivity contribution in [3.8, 4) is 0 Å². The van der Waals surface area contributed by atoms with E-state index in [1.54, 1.807) is 6.92 Å². The van der Waals surface area contributed by atoms with Gasteiger partial charge in [0.15, 0.2) is 0 Å². The van der Waals surface area contributed by atoms with Crippen LogP contribution in [0.1, 0.15) is 37.8 Å². The van der Waals surface area contributed by atoms with Crippen LogP contribution < -0.4 is 0 Å². The van der Waals surface area contributed by atoms with Crippen LogP contribution in [-0.2, 0) is 14.3 Å². The highest BCUT2D eigenvalue weighted by molar-refractivity contribution is 5.83. The van der Waals surface area contributed by atoms with Gasteiger partial charge in [-0.25, -0.2) is 0 Å². The van der Waals surface area contributed by atoms with E-state index in [9.17, 15) is 9.59 Å². The molecule has 1 amide bonds. The first-order valence-electron chi connectivity index (χ1n) is 6.72. The fraction of sp³-hybridized carbons (Fsp3) is 0.467. The smallest absolute Gasteiger partial charge is 0.305 e. The highest BCUT2D eigenvalue weighted by Crippen LogP contribution is 2.34. The Balaban J connectivity index is 1.82. The van der Waals surface area contributed by atoms with Gasteiger partial charge in [0.25, 0.3) is 0 Å². The van der Waals surface area contributed by atoms with Crippen molar-refractivity contribution in [2.45, 2.75) is 32.2 Å². The molecule has 0 N–H and O–H groups in total. The average molecular weight is 261 g/mol. The van der Waals surface area contributed by atoms with Crippen LogP contribution in [0.3, 0.4) is 0 Å². The third-order valence-electron chi connectivity index (χ3n) is 3.33. The predicted octanol–water partition coefficient (Wildman–Crippen LogP) is 2.30. The predicted molar refractivity (Wildman–Crippen MR) is 71.4 cm³/mol. The molecule has 1 aliphatic rings. The van der Waals surface area contributed by atoms with E-state index in [0.29, 0.717) is 32.4 Å². The average Bonchev–Trinajstić information content (AvgIpc) is 2.42. The van der Waals surface area contributed by atoms with Crippen molar-refractivity contribution in [1.82, 2.24) is 4.90 Å². The summed E-state index contributed by atoms with van der Waals surface area (Å²) in [4.78, 5) is 24.7. The fourth-order valence-corrected chi connectivity index (χ4v) is 2.33. The molecule has 4 heteroatoms. The number of benzene rings is 1. The molecule has 0 spiro atoms. The van der Waals surface area contributed by atoms with Crippen molar-refractivity contribution in [2.75, 3.05) is 13.2 Å². The summed E-state index contributed by atoms with van der Waals surface area (Å²) in [5.74, 6) is -0.0237. The lowest BCUT2D eigenvalue weighted by molar-refractivity contribution is -0.148. The van der Waals surface area contributed by atoms with Gasteiger partial charge in [0.05, 0.1) is 19.1 Å². The van der Waals surface area contributed by atoms with Gasteiger partial charge in [-0.2, -0.15) is 0 Å². The summed E-state index contributed by atoms with van der Waals surface area (Å²) in [5.41, 5.74) is 1.17. The number of β-lactam (4-membered cyclic amide) rings is 1.